The first-order valence-corrected chi connectivity index (χ1v) is 18.9. The molecular formula is C52H35NO2. The lowest BCUT2D eigenvalue weighted by atomic mass is 9.86. The molecule has 55 heavy (non-hydrogen) atoms. The monoisotopic (exact) mass is 705 g/mol. The van der Waals surface area contributed by atoms with Gasteiger partial charge in [-0.2, -0.15) is 0 Å². The summed E-state index contributed by atoms with van der Waals surface area (Å²) in [5, 5.41) is 4.52. The summed E-state index contributed by atoms with van der Waals surface area (Å²) >= 11 is 0. The Morgan fingerprint density at radius 2 is 1.16 bits per heavy atom. The zero-order valence-corrected chi connectivity index (χ0v) is 30.0. The van der Waals surface area contributed by atoms with Crippen molar-refractivity contribution in [3.63, 3.8) is 0 Å². The van der Waals surface area contributed by atoms with Crippen LogP contribution in [0.2, 0.25) is 0 Å². The van der Waals surface area contributed by atoms with Crippen LogP contribution < -0.4 is 9.64 Å². The third-order valence-corrected chi connectivity index (χ3v) is 11.2. The SMILES string of the molecule is C1=CC2Oc3cc(-c4ccccc4)ccc3C2C(N(c2cccc3ccccc23)c2ccc(-c3ccccc3)c3oc4cc(-c5ccccc5)ccc4c23)=C1. The van der Waals surface area contributed by atoms with E-state index in [2.05, 4.69) is 205 Å². The normalized spacial score (nSPS) is 15.8. The molecule has 0 saturated heterocycles. The number of furan rings is 1. The van der Waals surface area contributed by atoms with Crippen molar-refractivity contribution in [1.82, 2.24) is 0 Å². The highest BCUT2D eigenvalue weighted by Crippen LogP contribution is 2.53. The molecule has 260 valence electrons. The number of hydrogen-bond donors (Lipinski definition) is 0. The summed E-state index contributed by atoms with van der Waals surface area (Å²) in [7, 11) is 0. The van der Waals surface area contributed by atoms with Gasteiger partial charge in [0.05, 0.1) is 22.7 Å². The second-order valence-electron chi connectivity index (χ2n) is 14.4. The molecule has 1 aliphatic heterocycles. The summed E-state index contributed by atoms with van der Waals surface area (Å²) < 4.78 is 13.8. The van der Waals surface area contributed by atoms with E-state index in [0.717, 1.165) is 72.6 Å². The van der Waals surface area contributed by atoms with Gasteiger partial charge in [-0.05, 0) is 81.8 Å². The van der Waals surface area contributed by atoms with Crippen molar-refractivity contribution in [2.45, 2.75) is 12.0 Å². The van der Waals surface area contributed by atoms with Crippen molar-refractivity contribution in [3.05, 3.63) is 211 Å². The van der Waals surface area contributed by atoms with Gasteiger partial charge in [0, 0.05) is 27.6 Å². The van der Waals surface area contributed by atoms with Gasteiger partial charge in [0.15, 0.2) is 0 Å². The summed E-state index contributed by atoms with van der Waals surface area (Å²) in [6, 6.07) is 64.8. The van der Waals surface area contributed by atoms with Crippen LogP contribution >= 0.6 is 0 Å². The first-order chi connectivity index (χ1) is 27.3. The second-order valence-corrected chi connectivity index (χ2v) is 14.4. The number of rotatable bonds is 6. The molecule has 11 rings (SSSR count). The third-order valence-electron chi connectivity index (χ3n) is 11.2. The van der Waals surface area contributed by atoms with Crippen LogP contribution in [0.3, 0.4) is 0 Å². The molecule has 0 bridgehead atoms. The lowest BCUT2D eigenvalue weighted by Crippen LogP contribution is -2.29. The smallest absolute Gasteiger partial charge is 0.145 e. The summed E-state index contributed by atoms with van der Waals surface area (Å²) in [6.07, 6.45) is 6.49. The zero-order chi connectivity index (χ0) is 36.3. The minimum atomic E-state index is -0.146. The van der Waals surface area contributed by atoms with Gasteiger partial charge in [0.1, 0.15) is 23.0 Å². The van der Waals surface area contributed by atoms with Crippen LogP contribution in [0, 0.1) is 0 Å². The van der Waals surface area contributed by atoms with Gasteiger partial charge < -0.3 is 14.1 Å². The highest BCUT2D eigenvalue weighted by molar-refractivity contribution is 6.18. The molecule has 0 spiro atoms. The van der Waals surface area contributed by atoms with Crippen LogP contribution in [0.25, 0.3) is 66.1 Å². The Morgan fingerprint density at radius 3 is 1.95 bits per heavy atom. The fourth-order valence-electron chi connectivity index (χ4n) is 8.67. The molecule has 2 atom stereocenters. The Kier molecular flexibility index (Phi) is 7.31. The molecule has 8 aromatic carbocycles. The highest BCUT2D eigenvalue weighted by atomic mass is 16.5. The van der Waals surface area contributed by atoms with Gasteiger partial charge in [-0.25, -0.2) is 0 Å². The largest absolute Gasteiger partial charge is 0.485 e. The minimum absolute atomic E-state index is 0.0320. The molecular weight excluding hydrogens is 671 g/mol. The molecule has 3 nitrogen and oxygen atoms in total. The predicted octanol–water partition coefficient (Wildman–Crippen LogP) is 13.9. The van der Waals surface area contributed by atoms with E-state index in [1.54, 1.807) is 0 Å². The van der Waals surface area contributed by atoms with Crippen molar-refractivity contribution < 1.29 is 9.15 Å². The molecule has 0 N–H and O–H groups in total. The average molecular weight is 706 g/mol. The fourth-order valence-corrected chi connectivity index (χ4v) is 8.67. The van der Waals surface area contributed by atoms with Crippen LogP contribution in [-0.4, -0.2) is 6.10 Å². The molecule has 1 aromatic heterocycles. The Morgan fingerprint density at radius 1 is 0.491 bits per heavy atom. The van der Waals surface area contributed by atoms with Crippen LogP contribution in [-0.2, 0) is 0 Å². The number of ether oxygens (including phenoxy) is 1. The number of benzene rings is 8. The van der Waals surface area contributed by atoms with Gasteiger partial charge >= 0.3 is 0 Å². The number of hydrogen-bond acceptors (Lipinski definition) is 3. The molecule has 3 heteroatoms. The molecule has 2 unspecified atom stereocenters. The lowest BCUT2D eigenvalue weighted by Gasteiger charge is -2.35. The first kappa shape index (κ1) is 31.4. The van der Waals surface area contributed by atoms with Gasteiger partial charge in [-0.15, -0.1) is 0 Å². The molecule has 2 heterocycles. The van der Waals surface area contributed by atoms with E-state index in [0.29, 0.717) is 0 Å². The number of allylic oxidation sites excluding steroid dienone is 2. The topological polar surface area (TPSA) is 25.6 Å². The summed E-state index contributed by atoms with van der Waals surface area (Å²) in [5.74, 6) is 0.897. The molecule has 0 fully saturated rings. The third kappa shape index (κ3) is 5.20. The van der Waals surface area contributed by atoms with Gasteiger partial charge in [0.2, 0.25) is 0 Å². The maximum absolute atomic E-state index is 7.01. The fraction of sp³-hybridized carbons (Fsp3) is 0.0385. The van der Waals surface area contributed by atoms with Crippen LogP contribution in [0.15, 0.2) is 210 Å². The Hall–Kier alpha value is -7.10. The van der Waals surface area contributed by atoms with E-state index >= 15 is 0 Å². The molecule has 9 aromatic rings. The zero-order valence-electron chi connectivity index (χ0n) is 30.0. The van der Waals surface area contributed by atoms with Crippen molar-refractivity contribution in [2.24, 2.45) is 0 Å². The molecule has 0 radical (unpaired) electrons. The number of nitrogens with zero attached hydrogens (tertiary/aromatic N) is 1. The van der Waals surface area contributed by atoms with Crippen molar-refractivity contribution >= 4 is 44.1 Å². The number of anilines is 2. The van der Waals surface area contributed by atoms with Gasteiger partial charge in [-0.3, -0.25) is 0 Å². The van der Waals surface area contributed by atoms with Crippen molar-refractivity contribution in [1.29, 1.82) is 0 Å². The average Bonchev–Trinajstić information content (AvgIpc) is 3.83. The number of fused-ring (bicyclic) bond motifs is 7. The van der Waals surface area contributed by atoms with Crippen molar-refractivity contribution in [2.75, 3.05) is 4.90 Å². The quantitative estimate of drug-likeness (QED) is 0.172. The molecule has 2 aliphatic rings. The standard InChI is InChI=1S/C52H35NO2/c1-4-14-34(15-5-1)38-26-28-42-48(32-38)54-47-25-13-24-45(50(42)47)53(44-23-12-21-36-20-10-11-22-40(36)44)46-31-30-41(37-18-8-3-9-19-37)52-51(46)43-29-27-39(33-49(43)55-52)35-16-6-2-7-17-35/h1-33,47,50H. The molecule has 0 saturated carbocycles. The van der Waals surface area contributed by atoms with E-state index in [9.17, 15) is 0 Å². The molecule has 1 aliphatic carbocycles. The van der Waals surface area contributed by atoms with E-state index in [-0.39, 0.29) is 12.0 Å². The maximum atomic E-state index is 7.01. The van der Waals surface area contributed by atoms with E-state index < -0.39 is 0 Å². The summed E-state index contributed by atoms with van der Waals surface area (Å²) in [6.45, 7) is 0. The maximum Gasteiger partial charge on any atom is 0.145 e. The van der Waals surface area contributed by atoms with Crippen LogP contribution in [0.1, 0.15) is 11.5 Å². The lowest BCUT2D eigenvalue weighted by molar-refractivity contribution is 0.264. The molecule has 0 amide bonds. The summed E-state index contributed by atoms with van der Waals surface area (Å²) in [5.41, 5.74) is 13.0. The van der Waals surface area contributed by atoms with E-state index in [4.69, 9.17) is 9.15 Å². The van der Waals surface area contributed by atoms with Gasteiger partial charge in [-0.1, -0.05) is 152 Å². The highest BCUT2D eigenvalue weighted by Gasteiger charge is 2.40. The Bertz CT molecular complexity index is 2950. The summed E-state index contributed by atoms with van der Waals surface area (Å²) in [4.78, 5) is 2.48. The Labute approximate surface area is 319 Å². The predicted molar refractivity (Wildman–Crippen MR) is 227 cm³/mol. The van der Waals surface area contributed by atoms with E-state index in [1.165, 1.54) is 21.9 Å². The Balaban J connectivity index is 1.17. The second kappa shape index (κ2) is 12.8. The first-order valence-electron chi connectivity index (χ1n) is 18.9. The van der Waals surface area contributed by atoms with Crippen molar-refractivity contribution in [3.8, 4) is 39.1 Å². The van der Waals surface area contributed by atoms with Gasteiger partial charge in [0.25, 0.3) is 0 Å². The minimum Gasteiger partial charge on any atom is -0.485 e. The van der Waals surface area contributed by atoms with Crippen LogP contribution in [0.4, 0.5) is 11.4 Å². The van der Waals surface area contributed by atoms with E-state index in [1.807, 2.05) is 0 Å². The van der Waals surface area contributed by atoms with Crippen LogP contribution in [0.5, 0.6) is 5.75 Å².